The van der Waals surface area contributed by atoms with Crippen LogP contribution in [0.5, 0.6) is 0 Å². The Hall–Kier alpha value is -1.98. The van der Waals surface area contributed by atoms with Gasteiger partial charge in [0.2, 0.25) is 0 Å². The highest BCUT2D eigenvalue weighted by atomic mass is 16.5. The predicted octanol–water partition coefficient (Wildman–Crippen LogP) is 2.32. The molecule has 4 heterocycles. The van der Waals surface area contributed by atoms with E-state index in [1.54, 1.807) is 6.20 Å². The topological polar surface area (TPSA) is 50.3 Å². The lowest BCUT2D eigenvalue weighted by molar-refractivity contribution is 0.0119. The first-order valence-electron chi connectivity index (χ1n) is 8.24. The summed E-state index contributed by atoms with van der Waals surface area (Å²) in [6.07, 6.45) is 7.68. The number of hydrogen-bond acceptors (Lipinski definition) is 5. The van der Waals surface area contributed by atoms with Crippen molar-refractivity contribution in [3.05, 3.63) is 54.6 Å². The third-order valence-corrected chi connectivity index (χ3v) is 4.75. The molecule has 0 aromatic carbocycles. The van der Waals surface area contributed by atoms with Crippen molar-refractivity contribution < 1.29 is 4.74 Å². The van der Waals surface area contributed by atoms with E-state index >= 15 is 0 Å². The summed E-state index contributed by atoms with van der Waals surface area (Å²) >= 11 is 0. The molecule has 5 nitrogen and oxygen atoms in total. The molecule has 0 aliphatic carbocycles. The van der Waals surface area contributed by atoms with E-state index in [0.717, 1.165) is 50.5 Å². The van der Waals surface area contributed by atoms with Gasteiger partial charge in [0, 0.05) is 44.6 Å². The van der Waals surface area contributed by atoms with E-state index in [4.69, 9.17) is 4.74 Å². The Balaban J connectivity index is 1.34. The third-order valence-electron chi connectivity index (χ3n) is 4.75. The Bertz CT molecular complexity index is 576. The van der Waals surface area contributed by atoms with E-state index in [-0.39, 0.29) is 5.60 Å². The molecule has 2 aliphatic rings. The van der Waals surface area contributed by atoms with Crippen LogP contribution >= 0.6 is 0 Å². The van der Waals surface area contributed by atoms with Crippen LogP contribution < -0.4 is 5.32 Å². The van der Waals surface area contributed by atoms with Crippen molar-refractivity contribution >= 4 is 5.69 Å². The van der Waals surface area contributed by atoms with Crippen LogP contribution in [0, 0.1) is 0 Å². The number of hydrogen-bond donors (Lipinski definition) is 1. The van der Waals surface area contributed by atoms with Gasteiger partial charge in [0.05, 0.1) is 29.6 Å². The normalized spacial score (nSPS) is 27.6. The first-order valence-corrected chi connectivity index (χ1v) is 8.24. The second-order valence-corrected chi connectivity index (χ2v) is 6.56. The summed E-state index contributed by atoms with van der Waals surface area (Å²) in [5.74, 6) is 0. The van der Waals surface area contributed by atoms with Gasteiger partial charge in [-0.05, 0) is 30.7 Å². The fraction of sp³-hybridized carbons (Fsp3) is 0.444. The van der Waals surface area contributed by atoms with E-state index < -0.39 is 0 Å². The summed E-state index contributed by atoms with van der Waals surface area (Å²) in [4.78, 5) is 11.0. The maximum atomic E-state index is 6.21. The molecule has 2 saturated heterocycles. The minimum atomic E-state index is 0.00859. The van der Waals surface area contributed by atoms with Gasteiger partial charge in [-0.25, -0.2) is 0 Å². The zero-order valence-corrected chi connectivity index (χ0v) is 13.2. The van der Waals surface area contributed by atoms with Gasteiger partial charge >= 0.3 is 0 Å². The number of pyridine rings is 2. The van der Waals surface area contributed by atoms with Crippen molar-refractivity contribution in [2.75, 3.05) is 25.0 Å². The molecule has 2 atom stereocenters. The van der Waals surface area contributed by atoms with Gasteiger partial charge < -0.3 is 10.1 Å². The van der Waals surface area contributed by atoms with E-state index in [1.807, 2.05) is 30.6 Å². The van der Waals surface area contributed by atoms with Gasteiger partial charge in [-0.1, -0.05) is 6.07 Å². The first kappa shape index (κ1) is 14.6. The number of rotatable bonds is 4. The number of nitrogens with one attached hydrogen (secondary N) is 1. The van der Waals surface area contributed by atoms with Crippen LogP contribution in [-0.4, -0.2) is 46.2 Å². The Morgan fingerprint density at radius 1 is 1.26 bits per heavy atom. The van der Waals surface area contributed by atoms with E-state index in [1.165, 1.54) is 0 Å². The molecular weight excluding hydrogens is 288 g/mol. The van der Waals surface area contributed by atoms with Gasteiger partial charge in [-0.2, -0.15) is 0 Å². The van der Waals surface area contributed by atoms with Crippen molar-refractivity contribution in [1.29, 1.82) is 0 Å². The molecule has 0 bridgehead atoms. The average molecular weight is 310 g/mol. The molecule has 5 heteroatoms. The average Bonchev–Trinajstić information content (AvgIpc) is 3.16. The lowest BCUT2D eigenvalue weighted by Crippen LogP contribution is -2.33. The van der Waals surface area contributed by atoms with E-state index in [0.29, 0.717) is 6.04 Å². The second-order valence-electron chi connectivity index (χ2n) is 6.56. The van der Waals surface area contributed by atoms with Crippen LogP contribution in [0.15, 0.2) is 48.9 Å². The number of ether oxygens (including phenoxy) is 1. The van der Waals surface area contributed by atoms with Gasteiger partial charge in [0.1, 0.15) is 0 Å². The lowest BCUT2D eigenvalue weighted by atomic mass is 9.97. The largest absolute Gasteiger partial charge is 0.379 e. The molecule has 2 aromatic rings. The minimum Gasteiger partial charge on any atom is -0.379 e. The molecule has 0 radical (unpaired) electrons. The SMILES string of the molecule is c1ccc(CN2CC[C@@]3(C[C@@H](Nc4cccnc4)CO3)C2)nc1. The van der Waals surface area contributed by atoms with Crippen LogP contribution in [0.3, 0.4) is 0 Å². The van der Waals surface area contributed by atoms with Crippen LogP contribution in [0.1, 0.15) is 18.5 Å². The summed E-state index contributed by atoms with van der Waals surface area (Å²) in [7, 11) is 0. The van der Waals surface area contributed by atoms with Crippen molar-refractivity contribution in [3.63, 3.8) is 0 Å². The molecule has 2 aliphatic heterocycles. The number of nitrogens with zero attached hydrogens (tertiary/aromatic N) is 3. The van der Waals surface area contributed by atoms with Crippen molar-refractivity contribution in [3.8, 4) is 0 Å². The molecule has 23 heavy (non-hydrogen) atoms. The molecule has 4 rings (SSSR count). The Morgan fingerprint density at radius 2 is 2.26 bits per heavy atom. The smallest absolute Gasteiger partial charge is 0.0842 e. The van der Waals surface area contributed by atoms with Crippen LogP contribution in [0.2, 0.25) is 0 Å². The molecule has 0 unspecified atom stereocenters. The van der Waals surface area contributed by atoms with Crippen LogP contribution in [-0.2, 0) is 11.3 Å². The van der Waals surface area contributed by atoms with E-state index in [2.05, 4.69) is 32.3 Å². The van der Waals surface area contributed by atoms with E-state index in [9.17, 15) is 0 Å². The molecule has 0 saturated carbocycles. The molecule has 2 aromatic heterocycles. The van der Waals surface area contributed by atoms with Crippen LogP contribution in [0.25, 0.3) is 0 Å². The molecular formula is C18H22N4O. The predicted molar refractivity (Wildman–Crippen MR) is 89.1 cm³/mol. The molecule has 2 fully saturated rings. The lowest BCUT2D eigenvalue weighted by Gasteiger charge is -2.23. The standard InChI is InChI=1S/C18H22N4O/c1-2-8-20-16(4-1)12-22-9-6-18(14-22)10-17(13-23-18)21-15-5-3-7-19-11-15/h1-5,7-8,11,17,21H,6,9-10,12-14H2/t17-,18-/m1/s1. The molecule has 1 spiro atoms. The summed E-state index contributed by atoms with van der Waals surface area (Å²) in [6, 6.07) is 10.5. The fourth-order valence-corrected chi connectivity index (χ4v) is 3.69. The monoisotopic (exact) mass is 310 g/mol. The number of anilines is 1. The highest BCUT2D eigenvalue weighted by Gasteiger charge is 2.45. The van der Waals surface area contributed by atoms with Gasteiger partial charge in [0.15, 0.2) is 0 Å². The third kappa shape index (κ3) is 3.35. The maximum absolute atomic E-state index is 6.21. The second kappa shape index (κ2) is 6.26. The zero-order chi connectivity index (χ0) is 15.5. The number of likely N-dealkylation sites (tertiary alicyclic amines) is 1. The van der Waals surface area contributed by atoms with Crippen molar-refractivity contribution in [2.24, 2.45) is 0 Å². The fourth-order valence-electron chi connectivity index (χ4n) is 3.69. The Kier molecular flexibility index (Phi) is 3.97. The maximum Gasteiger partial charge on any atom is 0.0842 e. The summed E-state index contributed by atoms with van der Waals surface area (Å²) < 4.78 is 6.21. The molecule has 0 amide bonds. The zero-order valence-electron chi connectivity index (χ0n) is 13.2. The Labute approximate surface area is 136 Å². The quantitative estimate of drug-likeness (QED) is 0.939. The highest BCUT2D eigenvalue weighted by Crippen LogP contribution is 2.36. The van der Waals surface area contributed by atoms with Gasteiger partial charge in [-0.15, -0.1) is 0 Å². The first-order chi connectivity index (χ1) is 11.3. The highest BCUT2D eigenvalue weighted by molar-refractivity contribution is 5.41. The molecule has 1 N–H and O–H groups in total. The van der Waals surface area contributed by atoms with Crippen molar-refractivity contribution in [1.82, 2.24) is 14.9 Å². The van der Waals surface area contributed by atoms with Crippen LogP contribution in [0.4, 0.5) is 5.69 Å². The molecule has 120 valence electrons. The minimum absolute atomic E-state index is 0.00859. The number of aromatic nitrogens is 2. The van der Waals surface area contributed by atoms with Gasteiger partial charge in [0.25, 0.3) is 0 Å². The summed E-state index contributed by atoms with van der Waals surface area (Å²) in [5.41, 5.74) is 2.21. The Morgan fingerprint density at radius 3 is 3.09 bits per heavy atom. The van der Waals surface area contributed by atoms with Crippen molar-refractivity contribution in [2.45, 2.75) is 31.0 Å². The summed E-state index contributed by atoms with van der Waals surface area (Å²) in [5, 5.41) is 3.54. The summed E-state index contributed by atoms with van der Waals surface area (Å²) in [6.45, 7) is 3.75. The van der Waals surface area contributed by atoms with Gasteiger partial charge in [-0.3, -0.25) is 14.9 Å².